The third-order valence-electron chi connectivity index (χ3n) is 3.24. The van der Waals surface area contributed by atoms with Crippen molar-refractivity contribution in [2.45, 2.75) is 45.3 Å². The molecule has 1 aliphatic heterocycles. The van der Waals surface area contributed by atoms with E-state index in [4.69, 9.17) is 10.00 Å². The summed E-state index contributed by atoms with van der Waals surface area (Å²) in [6.45, 7) is 4.86. The predicted molar refractivity (Wildman–Crippen MR) is 62.7 cm³/mol. The number of hydrogen-bond donors (Lipinski definition) is 1. The van der Waals surface area contributed by atoms with Crippen molar-refractivity contribution in [1.29, 1.82) is 5.26 Å². The standard InChI is InChI=1S/C13H21NO2/c1-3-11(15)6-7-13-12(5-4-8-14)10(2)9-16-13/h6-7,10-13,15H,3-5,9H2,1-2H3/b7-6+. The van der Waals surface area contributed by atoms with Crippen LogP contribution in [0.4, 0.5) is 0 Å². The highest BCUT2D eigenvalue weighted by Gasteiger charge is 2.32. The third kappa shape index (κ3) is 3.62. The first-order valence-electron chi connectivity index (χ1n) is 6.04. The summed E-state index contributed by atoms with van der Waals surface area (Å²) in [4.78, 5) is 0. The van der Waals surface area contributed by atoms with E-state index in [1.165, 1.54) is 0 Å². The van der Waals surface area contributed by atoms with Gasteiger partial charge in [-0.3, -0.25) is 0 Å². The zero-order valence-electron chi connectivity index (χ0n) is 10.1. The summed E-state index contributed by atoms with van der Waals surface area (Å²) in [5, 5.41) is 18.1. The van der Waals surface area contributed by atoms with Crippen LogP contribution in [0.2, 0.25) is 0 Å². The minimum absolute atomic E-state index is 0.0737. The highest BCUT2D eigenvalue weighted by Crippen LogP contribution is 2.31. The molecule has 0 aromatic carbocycles. The zero-order valence-corrected chi connectivity index (χ0v) is 10.1. The highest BCUT2D eigenvalue weighted by molar-refractivity contribution is 5.00. The Morgan fingerprint density at radius 3 is 3.00 bits per heavy atom. The summed E-state index contributed by atoms with van der Waals surface area (Å²) in [7, 11) is 0. The van der Waals surface area contributed by atoms with E-state index >= 15 is 0 Å². The van der Waals surface area contributed by atoms with Crippen LogP contribution in [0.5, 0.6) is 0 Å². The van der Waals surface area contributed by atoms with Crippen LogP contribution >= 0.6 is 0 Å². The molecule has 0 radical (unpaired) electrons. The van der Waals surface area contributed by atoms with Crippen LogP contribution in [0.15, 0.2) is 12.2 Å². The molecule has 1 N–H and O–H groups in total. The van der Waals surface area contributed by atoms with E-state index in [1.807, 2.05) is 19.1 Å². The Bertz CT molecular complexity index is 270. The van der Waals surface area contributed by atoms with Gasteiger partial charge in [-0.05, 0) is 24.7 Å². The molecule has 4 unspecified atom stereocenters. The fourth-order valence-corrected chi connectivity index (χ4v) is 2.09. The van der Waals surface area contributed by atoms with Crippen molar-refractivity contribution >= 4 is 0 Å². The Morgan fingerprint density at radius 1 is 1.62 bits per heavy atom. The van der Waals surface area contributed by atoms with Gasteiger partial charge in [0.1, 0.15) is 0 Å². The van der Waals surface area contributed by atoms with Gasteiger partial charge in [0.05, 0.1) is 24.9 Å². The van der Waals surface area contributed by atoms with E-state index in [0.29, 0.717) is 18.3 Å². The average molecular weight is 223 g/mol. The summed E-state index contributed by atoms with van der Waals surface area (Å²) in [6.07, 6.45) is 5.65. The Labute approximate surface area is 97.7 Å². The summed E-state index contributed by atoms with van der Waals surface area (Å²) in [6, 6.07) is 2.18. The van der Waals surface area contributed by atoms with E-state index in [-0.39, 0.29) is 12.2 Å². The Hall–Kier alpha value is -0.850. The molecule has 1 heterocycles. The first-order valence-corrected chi connectivity index (χ1v) is 6.04. The molecule has 0 aliphatic carbocycles. The van der Waals surface area contributed by atoms with Gasteiger partial charge in [0.15, 0.2) is 0 Å². The van der Waals surface area contributed by atoms with E-state index < -0.39 is 0 Å². The molecule has 0 aromatic heterocycles. The molecule has 0 amide bonds. The summed E-state index contributed by atoms with van der Waals surface area (Å²) in [5.41, 5.74) is 0. The lowest BCUT2D eigenvalue weighted by Gasteiger charge is -2.17. The molecule has 4 atom stereocenters. The Kier molecular flexibility index (Phi) is 5.51. The lowest BCUT2D eigenvalue weighted by Crippen LogP contribution is -2.17. The van der Waals surface area contributed by atoms with Crippen LogP contribution in [0.3, 0.4) is 0 Å². The van der Waals surface area contributed by atoms with Gasteiger partial charge in [-0.2, -0.15) is 5.26 Å². The van der Waals surface area contributed by atoms with E-state index in [2.05, 4.69) is 13.0 Å². The Balaban J connectivity index is 2.51. The van der Waals surface area contributed by atoms with Crippen molar-refractivity contribution in [3.63, 3.8) is 0 Å². The molecule has 1 rings (SSSR count). The predicted octanol–water partition coefficient (Wildman–Crippen LogP) is 2.27. The fourth-order valence-electron chi connectivity index (χ4n) is 2.09. The van der Waals surface area contributed by atoms with E-state index in [1.54, 1.807) is 0 Å². The lowest BCUT2D eigenvalue weighted by molar-refractivity contribution is 0.123. The summed E-state index contributed by atoms with van der Waals surface area (Å²) >= 11 is 0. The number of aliphatic hydroxyl groups is 1. The molecule has 1 saturated heterocycles. The number of rotatable bonds is 5. The number of ether oxygens (including phenoxy) is 1. The maximum Gasteiger partial charge on any atom is 0.0788 e. The molecular formula is C13H21NO2. The largest absolute Gasteiger partial charge is 0.389 e. The first kappa shape index (κ1) is 13.2. The molecule has 3 nitrogen and oxygen atoms in total. The second-order valence-corrected chi connectivity index (χ2v) is 4.50. The van der Waals surface area contributed by atoms with Crippen molar-refractivity contribution in [2.75, 3.05) is 6.61 Å². The monoisotopic (exact) mass is 223 g/mol. The SMILES string of the molecule is CCC(O)/C=C/C1OCC(C)C1CCC#N. The van der Waals surface area contributed by atoms with Gasteiger partial charge in [0.25, 0.3) is 0 Å². The maximum absolute atomic E-state index is 9.45. The third-order valence-corrected chi connectivity index (χ3v) is 3.24. The van der Waals surface area contributed by atoms with Gasteiger partial charge in [0, 0.05) is 6.42 Å². The number of hydrogen-bond acceptors (Lipinski definition) is 3. The second-order valence-electron chi connectivity index (χ2n) is 4.50. The van der Waals surface area contributed by atoms with Gasteiger partial charge < -0.3 is 9.84 Å². The van der Waals surface area contributed by atoms with E-state index in [9.17, 15) is 5.11 Å². The fraction of sp³-hybridized carbons (Fsp3) is 0.769. The van der Waals surface area contributed by atoms with Gasteiger partial charge in [-0.15, -0.1) is 0 Å². The molecule has 0 saturated carbocycles. The number of nitrogens with zero attached hydrogens (tertiary/aromatic N) is 1. The second kappa shape index (κ2) is 6.67. The van der Waals surface area contributed by atoms with Crippen molar-refractivity contribution in [3.8, 4) is 6.07 Å². The normalized spacial score (nSPS) is 31.8. The number of aliphatic hydroxyl groups excluding tert-OH is 1. The van der Waals surface area contributed by atoms with Crippen molar-refractivity contribution < 1.29 is 9.84 Å². The molecule has 90 valence electrons. The quantitative estimate of drug-likeness (QED) is 0.727. The molecule has 0 bridgehead atoms. The summed E-state index contributed by atoms with van der Waals surface area (Å²) < 4.78 is 5.66. The molecule has 1 aliphatic rings. The molecular weight excluding hydrogens is 202 g/mol. The zero-order chi connectivity index (χ0) is 12.0. The van der Waals surface area contributed by atoms with Gasteiger partial charge in [-0.25, -0.2) is 0 Å². The summed E-state index contributed by atoms with van der Waals surface area (Å²) in [5.74, 6) is 0.918. The van der Waals surface area contributed by atoms with Crippen LogP contribution in [0.25, 0.3) is 0 Å². The van der Waals surface area contributed by atoms with Gasteiger partial charge >= 0.3 is 0 Å². The first-order chi connectivity index (χ1) is 7.69. The minimum Gasteiger partial charge on any atom is -0.389 e. The van der Waals surface area contributed by atoms with E-state index in [0.717, 1.165) is 19.4 Å². The van der Waals surface area contributed by atoms with Gasteiger partial charge in [0.2, 0.25) is 0 Å². The molecule has 3 heteroatoms. The van der Waals surface area contributed by atoms with Crippen LogP contribution in [0, 0.1) is 23.2 Å². The number of nitriles is 1. The molecule has 0 spiro atoms. The topological polar surface area (TPSA) is 53.2 Å². The minimum atomic E-state index is -0.379. The molecule has 16 heavy (non-hydrogen) atoms. The average Bonchev–Trinajstić information content (AvgIpc) is 2.64. The lowest BCUT2D eigenvalue weighted by atomic mass is 9.88. The van der Waals surface area contributed by atoms with Crippen LogP contribution in [-0.4, -0.2) is 23.9 Å². The van der Waals surface area contributed by atoms with Crippen LogP contribution in [0.1, 0.15) is 33.1 Å². The van der Waals surface area contributed by atoms with Gasteiger partial charge in [-0.1, -0.05) is 26.0 Å². The maximum atomic E-state index is 9.45. The van der Waals surface area contributed by atoms with Crippen molar-refractivity contribution in [3.05, 3.63) is 12.2 Å². The molecule has 1 fully saturated rings. The van der Waals surface area contributed by atoms with Crippen molar-refractivity contribution in [1.82, 2.24) is 0 Å². The Morgan fingerprint density at radius 2 is 2.38 bits per heavy atom. The van der Waals surface area contributed by atoms with Crippen molar-refractivity contribution in [2.24, 2.45) is 11.8 Å². The van der Waals surface area contributed by atoms with Crippen LogP contribution in [-0.2, 0) is 4.74 Å². The highest BCUT2D eigenvalue weighted by atomic mass is 16.5. The smallest absolute Gasteiger partial charge is 0.0788 e. The molecule has 0 aromatic rings. The van der Waals surface area contributed by atoms with Crippen LogP contribution < -0.4 is 0 Å².